The van der Waals surface area contributed by atoms with E-state index in [1.807, 2.05) is 48.5 Å². The molecule has 0 spiro atoms. The van der Waals surface area contributed by atoms with Gasteiger partial charge in [-0.15, -0.1) is 0 Å². The van der Waals surface area contributed by atoms with Crippen molar-refractivity contribution in [1.82, 2.24) is 4.57 Å². The molecule has 0 saturated heterocycles. The molecule has 5 nitrogen and oxygen atoms in total. The summed E-state index contributed by atoms with van der Waals surface area (Å²) in [6, 6.07) is 15.1. The fourth-order valence-corrected chi connectivity index (χ4v) is 3.54. The maximum absolute atomic E-state index is 12.4. The molecule has 4 rings (SSSR count). The van der Waals surface area contributed by atoms with Crippen molar-refractivity contribution in [2.75, 3.05) is 7.11 Å². The quantitative estimate of drug-likeness (QED) is 0.669. The second kappa shape index (κ2) is 5.77. The van der Waals surface area contributed by atoms with Gasteiger partial charge in [0, 0.05) is 18.2 Å². The van der Waals surface area contributed by atoms with Crippen molar-refractivity contribution in [3.63, 3.8) is 0 Å². The highest BCUT2D eigenvalue weighted by Crippen LogP contribution is 2.45. The standard InChI is InChI=1S/C20H17NO4/c1-12(22)21-17-9-4-3-8-15(17)20-19(21)16(11-18(23)25-20)13-6-5-7-14(10-13)24-2/h3-10,16H,11H2,1-2H3/t16-/m0/s1. The minimum absolute atomic E-state index is 0.108. The summed E-state index contributed by atoms with van der Waals surface area (Å²) in [5, 5.41) is 0.772. The van der Waals surface area contributed by atoms with Crippen LogP contribution >= 0.6 is 0 Å². The van der Waals surface area contributed by atoms with E-state index in [1.54, 1.807) is 11.7 Å². The number of fused-ring (bicyclic) bond motifs is 3. The second-order valence-electron chi connectivity index (χ2n) is 6.09. The topological polar surface area (TPSA) is 57.5 Å². The number of hydrogen-bond acceptors (Lipinski definition) is 4. The molecule has 0 fully saturated rings. The van der Waals surface area contributed by atoms with Crippen molar-refractivity contribution in [1.29, 1.82) is 0 Å². The largest absolute Gasteiger partial charge is 0.497 e. The van der Waals surface area contributed by atoms with E-state index in [2.05, 4.69) is 0 Å². The highest BCUT2D eigenvalue weighted by Gasteiger charge is 2.35. The van der Waals surface area contributed by atoms with Gasteiger partial charge in [-0.25, -0.2) is 0 Å². The van der Waals surface area contributed by atoms with Crippen LogP contribution in [-0.4, -0.2) is 23.6 Å². The summed E-state index contributed by atoms with van der Waals surface area (Å²) in [6.45, 7) is 1.52. The zero-order valence-corrected chi connectivity index (χ0v) is 14.0. The number of nitrogens with zero attached hydrogens (tertiary/aromatic N) is 1. The van der Waals surface area contributed by atoms with Gasteiger partial charge in [0.15, 0.2) is 5.75 Å². The maximum atomic E-state index is 12.4. The Morgan fingerprint density at radius 1 is 1.20 bits per heavy atom. The van der Waals surface area contributed by atoms with Crippen molar-refractivity contribution < 1.29 is 19.1 Å². The molecule has 0 bridgehead atoms. The van der Waals surface area contributed by atoms with Crippen LogP contribution in [0.2, 0.25) is 0 Å². The lowest BCUT2D eigenvalue weighted by atomic mass is 9.90. The third-order valence-electron chi connectivity index (χ3n) is 4.59. The van der Waals surface area contributed by atoms with Gasteiger partial charge < -0.3 is 9.47 Å². The normalized spacial score (nSPS) is 16.4. The van der Waals surface area contributed by atoms with Crippen LogP contribution in [0.15, 0.2) is 48.5 Å². The summed E-state index contributed by atoms with van der Waals surface area (Å²) in [4.78, 5) is 24.6. The molecule has 0 radical (unpaired) electrons. The number of carbonyl (C=O) groups excluding carboxylic acids is 2. The van der Waals surface area contributed by atoms with Gasteiger partial charge in [-0.2, -0.15) is 0 Å². The van der Waals surface area contributed by atoms with Gasteiger partial charge in [0.2, 0.25) is 5.91 Å². The number of esters is 1. The zero-order valence-electron chi connectivity index (χ0n) is 14.0. The highest BCUT2D eigenvalue weighted by atomic mass is 16.5. The summed E-state index contributed by atoms with van der Waals surface area (Å²) in [7, 11) is 1.60. The van der Waals surface area contributed by atoms with Crippen LogP contribution in [0.4, 0.5) is 0 Å². The summed E-state index contributed by atoms with van der Waals surface area (Å²) >= 11 is 0. The van der Waals surface area contributed by atoms with Crippen molar-refractivity contribution in [3.8, 4) is 11.5 Å². The van der Waals surface area contributed by atoms with Crippen molar-refractivity contribution in [2.24, 2.45) is 0 Å². The average molecular weight is 335 g/mol. The van der Waals surface area contributed by atoms with E-state index in [0.29, 0.717) is 11.5 Å². The molecule has 0 aliphatic carbocycles. The first-order valence-electron chi connectivity index (χ1n) is 8.09. The van der Waals surface area contributed by atoms with Crippen molar-refractivity contribution >= 4 is 22.8 Å². The van der Waals surface area contributed by atoms with Crippen molar-refractivity contribution in [2.45, 2.75) is 19.3 Å². The Labute approximate surface area is 144 Å². The Balaban J connectivity index is 2.02. The Kier molecular flexibility index (Phi) is 3.57. The Hall–Kier alpha value is -3.08. The SMILES string of the molecule is COc1cccc([C@@H]2CC(=O)Oc3c2n(C(C)=O)c2ccccc32)c1. The maximum Gasteiger partial charge on any atom is 0.312 e. The van der Waals surface area contributed by atoms with Gasteiger partial charge in [0.1, 0.15) is 5.75 Å². The molecule has 126 valence electrons. The number of methoxy groups -OCH3 is 1. The minimum atomic E-state index is -0.299. The molecule has 0 N–H and O–H groups in total. The molecule has 0 saturated carbocycles. The molecule has 0 amide bonds. The first-order chi connectivity index (χ1) is 12.1. The average Bonchev–Trinajstić information content (AvgIpc) is 2.95. The van der Waals surface area contributed by atoms with Gasteiger partial charge in [-0.1, -0.05) is 24.3 Å². The lowest BCUT2D eigenvalue weighted by Gasteiger charge is -2.24. The van der Waals surface area contributed by atoms with Gasteiger partial charge >= 0.3 is 5.97 Å². The van der Waals surface area contributed by atoms with Crippen LogP contribution < -0.4 is 9.47 Å². The molecule has 2 aromatic carbocycles. The first-order valence-corrected chi connectivity index (χ1v) is 8.09. The van der Waals surface area contributed by atoms with Crippen molar-refractivity contribution in [3.05, 3.63) is 59.8 Å². The molecule has 3 aromatic rings. The number of hydrogen-bond donors (Lipinski definition) is 0. The summed E-state index contributed by atoms with van der Waals surface area (Å²) in [5.74, 6) is 0.524. The highest BCUT2D eigenvalue weighted by molar-refractivity contribution is 6.00. The van der Waals surface area contributed by atoms with Gasteiger partial charge in [-0.3, -0.25) is 14.2 Å². The van der Waals surface area contributed by atoms with Crippen LogP contribution in [0, 0.1) is 0 Å². The van der Waals surface area contributed by atoms with E-state index >= 15 is 0 Å². The molecule has 1 aliphatic rings. The third kappa shape index (κ3) is 2.39. The number of rotatable bonds is 2. The Morgan fingerprint density at radius 3 is 2.76 bits per heavy atom. The van der Waals surface area contributed by atoms with Crippen LogP contribution in [0.1, 0.15) is 35.3 Å². The van der Waals surface area contributed by atoms with Crippen LogP contribution in [-0.2, 0) is 4.79 Å². The molecular formula is C20H17NO4. The molecule has 25 heavy (non-hydrogen) atoms. The summed E-state index contributed by atoms with van der Waals surface area (Å²) in [6.07, 6.45) is 0.184. The number of ether oxygens (including phenoxy) is 2. The first kappa shape index (κ1) is 15.4. The van der Waals surface area contributed by atoms with E-state index in [9.17, 15) is 9.59 Å². The third-order valence-corrected chi connectivity index (χ3v) is 4.59. The molecule has 1 aliphatic heterocycles. The fourth-order valence-electron chi connectivity index (χ4n) is 3.54. The van der Waals surface area contributed by atoms with E-state index in [1.165, 1.54) is 6.92 Å². The second-order valence-corrected chi connectivity index (χ2v) is 6.09. The van der Waals surface area contributed by atoms with Crippen LogP contribution in [0.25, 0.3) is 10.9 Å². The van der Waals surface area contributed by atoms with Gasteiger partial charge in [0.05, 0.1) is 24.7 Å². The molecular weight excluding hydrogens is 318 g/mol. The number of para-hydroxylation sites is 1. The molecule has 2 heterocycles. The molecule has 1 atom stereocenters. The lowest BCUT2D eigenvalue weighted by molar-refractivity contribution is -0.135. The summed E-state index contributed by atoms with van der Waals surface area (Å²) in [5.41, 5.74) is 2.40. The van der Waals surface area contributed by atoms with E-state index in [0.717, 1.165) is 22.2 Å². The van der Waals surface area contributed by atoms with Crippen LogP contribution in [0.3, 0.4) is 0 Å². The number of carbonyl (C=O) groups is 2. The predicted octanol–water partition coefficient (Wildman–Crippen LogP) is 3.75. The monoisotopic (exact) mass is 335 g/mol. The molecule has 5 heteroatoms. The lowest BCUT2D eigenvalue weighted by Crippen LogP contribution is -2.24. The Bertz CT molecular complexity index is 1000. The summed E-state index contributed by atoms with van der Waals surface area (Å²) < 4.78 is 12.5. The number of benzene rings is 2. The smallest absolute Gasteiger partial charge is 0.312 e. The molecule has 0 unspecified atom stereocenters. The van der Waals surface area contributed by atoms with E-state index in [-0.39, 0.29) is 24.2 Å². The number of aromatic nitrogens is 1. The minimum Gasteiger partial charge on any atom is -0.497 e. The van der Waals surface area contributed by atoms with Gasteiger partial charge in [-0.05, 0) is 29.8 Å². The van der Waals surface area contributed by atoms with E-state index < -0.39 is 0 Å². The molecule has 1 aromatic heterocycles. The van der Waals surface area contributed by atoms with E-state index in [4.69, 9.17) is 9.47 Å². The predicted molar refractivity (Wildman–Crippen MR) is 93.3 cm³/mol. The Morgan fingerprint density at radius 2 is 2.00 bits per heavy atom. The van der Waals surface area contributed by atoms with Gasteiger partial charge in [0.25, 0.3) is 0 Å². The fraction of sp³-hybridized carbons (Fsp3) is 0.200. The zero-order chi connectivity index (χ0) is 17.6. The van der Waals surface area contributed by atoms with Crippen LogP contribution in [0.5, 0.6) is 11.5 Å².